The maximum atomic E-state index is 12.6. The van der Waals surface area contributed by atoms with Gasteiger partial charge in [0.2, 0.25) is 5.91 Å². The number of hydrogen-bond donors (Lipinski definition) is 3. The Bertz CT molecular complexity index is 893. The van der Waals surface area contributed by atoms with Gasteiger partial charge in [-0.2, -0.15) is 0 Å². The second-order valence-corrected chi connectivity index (χ2v) is 8.15. The van der Waals surface area contributed by atoms with E-state index in [1.807, 2.05) is 42.5 Å². The molecule has 6 heteroatoms. The normalized spacial score (nSPS) is 18.9. The number of benzene rings is 2. The van der Waals surface area contributed by atoms with Crippen LogP contribution in [0.3, 0.4) is 0 Å². The van der Waals surface area contributed by atoms with Gasteiger partial charge < -0.3 is 15.7 Å². The molecule has 3 N–H and O–H groups in total. The predicted molar refractivity (Wildman–Crippen MR) is 114 cm³/mol. The Morgan fingerprint density at radius 3 is 2.20 bits per heavy atom. The fourth-order valence-electron chi connectivity index (χ4n) is 3.75. The van der Waals surface area contributed by atoms with E-state index in [9.17, 15) is 19.5 Å². The largest absolute Gasteiger partial charge is 0.480 e. The molecule has 2 aromatic carbocycles. The number of aliphatic carboxylic acids is 1. The van der Waals surface area contributed by atoms with Gasteiger partial charge in [0.05, 0.1) is 0 Å². The maximum absolute atomic E-state index is 12.6. The number of rotatable bonds is 8. The smallest absolute Gasteiger partial charge is 0.326 e. The maximum Gasteiger partial charge on any atom is 0.326 e. The van der Waals surface area contributed by atoms with Gasteiger partial charge in [-0.3, -0.25) is 9.59 Å². The summed E-state index contributed by atoms with van der Waals surface area (Å²) in [6.45, 7) is 4.02. The fourth-order valence-corrected chi connectivity index (χ4v) is 3.75. The lowest BCUT2D eigenvalue weighted by atomic mass is 9.69. The zero-order valence-corrected chi connectivity index (χ0v) is 17.3. The molecule has 0 spiro atoms. The van der Waals surface area contributed by atoms with Gasteiger partial charge in [0, 0.05) is 18.0 Å². The molecule has 0 bridgehead atoms. The molecule has 0 radical (unpaired) electrons. The molecule has 30 heavy (non-hydrogen) atoms. The summed E-state index contributed by atoms with van der Waals surface area (Å²) in [7, 11) is 0. The molecule has 2 amide bonds. The molecule has 158 valence electrons. The van der Waals surface area contributed by atoms with Gasteiger partial charge >= 0.3 is 5.97 Å². The molecular formula is C24H28N2O4. The highest BCUT2D eigenvalue weighted by Gasteiger charge is 2.39. The topological polar surface area (TPSA) is 95.5 Å². The Kier molecular flexibility index (Phi) is 6.87. The van der Waals surface area contributed by atoms with Crippen molar-refractivity contribution in [1.29, 1.82) is 0 Å². The summed E-state index contributed by atoms with van der Waals surface area (Å²) < 4.78 is 0. The SMILES string of the molecule is CC(C)[C@H](NC(=O)C1CC[C@H]1c1ccc(C(=O)NCc2ccccc2)cc1)C(=O)O. The molecule has 1 unspecified atom stereocenters. The third-order valence-corrected chi connectivity index (χ3v) is 5.74. The first-order chi connectivity index (χ1) is 14.4. The summed E-state index contributed by atoms with van der Waals surface area (Å²) in [6.07, 6.45) is 1.61. The third-order valence-electron chi connectivity index (χ3n) is 5.74. The van der Waals surface area contributed by atoms with Crippen LogP contribution in [-0.4, -0.2) is 28.9 Å². The molecule has 1 saturated carbocycles. The van der Waals surface area contributed by atoms with Crippen molar-refractivity contribution in [2.75, 3.05) is 0 Å². The second-order valence-electron chi connectivity index (χ2n) is 8.15. The van der Waals surface area contributed by atoms with Gasteiger partial charge in [-0.1, -0.05) is 56.3 Å². The lowest BCUT2D eigenvalue weighted by Crippen LogP contribution is -2.49. The molecule has 3 rings (SSSR count). The minimum Gasteiger partial charge on any atom is -0.480 e. The highest BCUT2D eigenvalue weighted by molar-refractivity contribution is 5.94. The minimum atomic E-state index is -1.01. The number of carbonyl (C=O) groups is 3. The molecular weight excluding hydrogens is 380 g/mol. The van der Waals surface area contributed by atoms with E-state index in [-0.39, 0.29) is 29.6 Å². The molecule has 1 aliphatic carbocycles. The van der Waals surface area contributed by atoms with Crippen LogP contribution in [0, 0.1) is 11.8 Å². The molecule has 1 fully saturated rings. The summed E-state index contributed by atoms with van der Waals surface area (Å²) in [4.78, 5) is 36.3. The van der Waals surface area contributed by atoms with Gasteiger partial charge in [0.1, 0.15) is 6.04 Å². The van der Waals surface area contributed by atoms with Crippen molar-refractivity contribution in [2.45, 2.75) is 45.2 Å². The lowest BCUT2D eigenvalue weighted by Gasteiger charge is -2.36. The third kappa shape index (κ3) is 5.06. The van der Waals surface area contributed by atoms with Crippen molar-refractivity contribution in [1.82, 2.24) is 10.6 Å². The first-order valence-corrected chi connectivity index (χ1v) is 10.3. The summed E-state index contributed by atoms with van der Waals surface area (Å²) >= 11 is 0. The van der Waals surface area contributed by atoms with Crippen molar-refractivity contribution in [2.24, 2.45) is 11.8 Å². The molecule has 2 aromatic rings. The van der Waals surface area contributed by atoms with Gasteiger partial charge in [-0.05, 0) is 47.9 Å². The number of carboxylic acid groups (broad SMARTS) is 1. The van der Waals surface area contributed by atoms with Gasteiger partial charge in [0.25, 0.3) is 5.91 Å². The molecule has 0 heterocycles. The van der Waals surface area contributed by atoms with E-state index in [1.165, 1.54) is 0 Å². The van der Waals surface area contributed by atoms with Crippen LogP contribution in [0.25, 0.3) is 0 Å². The average Bonchev–Trinajstić information content (AvgIpc) is 2.70. The molecule has 0 aromatic heterocycles. The first kappa shape index (κ1) is 21.6. The zero-order valence-electron chi connectivity index (χ0n) is 17.3. The van der Waals surface area contributed by atoms with Crippen LogP contribution >= 0.6 is 0 Å². The van der Waals surface area contributed by atoms with Crippen LogP contribution in [0.2, 0.25) is 0 Å². The number of nitrogens with one attached hydrogen (secondary N) is 2. The lowest BCUT2D eigenvalue weighted by molar-refractivity contribution is -0.144. The van der Waals surface area contributed by atoms with Crippen LogP contribution < -0.4 is 10.6 Å². The zero-order chi connectivity index (χ0) is 21.7. The monoisotopic (exact) mass is 408 g/mol. The van der Waals surface area contributed by atoms with Crippen LogP contribution in [-0.2, 0) is 16.1 Å². The molecule has 0 saturated heterocycles. The molecule has 1 aliphatic rings. The Hall–Kier alpha value is -3.15. The standard InChI is InChI=1S/C24H28N2O4/c1-15(2)21(24(29)30)26-23(28)20-13-12-19(20)17-8-10-18(11-9-17)22(27)25-14-16-6-4-3-5-7-16/h3-11,15,19-21H,12-14H2,1-2H3,(H,25,27)(H,26,28)(H,29,30)/t19-,20?,21-/m0/s1. The van der Waals surface area contributed by atoms with E-state index in [4.69, 9.17) is 0 Å². The van der Waals surface area contributed by atoms with Gasteiger partial charge in [0.15, 0.2) is 0 Å². The van der Waals surface area contributed by atoms with Crippen molar-refractivity contribution in [3.8, 4) is 0 Å². The number of carbonyl (C=O) groups excluding carboxylic acids is 2. The number of hydrogen-bond acceptors (Lipinski definition) is 3. The van der Waals surface area contributed by atoms with Crippen molar-refractivity contribution < 1.29 is 19.5 Å². The highest BCUT2D eigenvalue weighted by Crippen LogP contribution is 2.42. The molecule has 3 atom stereocenters. The van der Waals surface area contributed by atoms with E-state index in [0.717, 1.165) is 24.0 Å². The van der Waals surface area contributed by atoms with Crippen molar-refractivity contribution >= 4 is 17.8 Å². The summed E-state index contributed by atoms with van der Waals surface area (Å²) in [5.41, 5.74) is 2.60. The van der Waals surface area contributed by atoms with Gasteiger partial charge in [-0.15, -0.1) is 0 Å². The summed E-state index contributed by atoms with van der Waals surface area (Å²) in [5, 5.41) is 14.9. The fraction of sp³-hybridized carbons (Fsp3) is 0.375. The number of carboxylic acids is 1. The Labute approximate surface area is 176 Å². The predicted octanol–water partition coefficient (Wildman–Crippen LogP) is 3.34. The van der Waals surface area contributed by atoms with Crippen LogP contribution in [0.4, 0.5) is 0 Å². The van der Waals surface area contributed by atoms with Gasteiger partial charge in [-0.25, -0.2) is 4.79 Å². The summed E-state index contributed by atoms with van der Waals surface area (Å²) in [5.74, 6) is -1.73. The average molecular weight is 408 g/mol. The van der Waals surface area contributed by atoms with E-state index in [0.29, 0.717) is 12.1 Å². The van der Waals surface area contributed by atoms with Crippen LogP contribution in [0.5, 0.6) is 0 Å². The van der Waals surface area contributed by atoms with E-state index < -0.39 is 12.0 Å². The quantitative estimate of drug-likeness (QED) is 0.624. The van der Waals surface area contributed by atoms with Crippen LogP contribution in [0.1, 0.15) is 54.1 Å². The first-order valence-electron chi connectivity index (χ1n) is 10.3. The Balaban J connectivity index is 1.58. The van der Waals surface area contributed by atoms with Crippen molar-refractivity contribution in [3.05, 3.63) is 71.3 Å². The Morgan fingerprint density at radius 2 is 1.67 bits per heavy atom. The molecule has 0 aliphatic heterocycles. The van der Waals surface area contributed by atoms with E-state index in [1.54, 1.807) is 26.0 Å². The number of amides is 2. The Morgan fingerprint density at radius 1 is 1.00 bits per heavy atom. The van der Waals surface area contributed by atoms with Crippen LogP contribution in [0.15, 0.2) is 54.6 Å². The highest BCUT2D eigenvalue weighted by atomic mass is 16.4. The minimum absolute atomic E-state index is 0.0491. The summed E-state index contributed by atoms with van der Waals surface area (Å²) in [6, 6.07) is 16.2. The van der Waals surface area contributed by atoms with E-state index >= 15 is 0 Å². The van der Waals surface area contributed by atoms with Crippen molar-refractivity contribution in [3.63, 3.8) is 0 Å². The molecule has 6 nitrogen and oxygen atoms in total. The second kappa shape index (κ2) is 9.57. The van der Waals surface area contributed by atoms with E-state index in [2.05, 4.69) is 10.6 Å².